The van der Waals surface area contributed by atoms with Crippen LogP contribution in [0.25, 0.3) is 11.1 Å². The van der Waals surface area contributed by atoms with E-state index in [0.29, 0.717) is 16.6 Å². The third-order valence-electron chi connectivity index (χ3n) is 8.82. The number of unbranched alkanes of at least 4 members (excludes halogenated alkanes) is 5. The Morgan fingerprint density at radius 1 is 0.771 bits per heavy atom. The lowest BCUT2D eigenvalue weighted by Crippen LogP contribution is -2.44. The number of benzene rings is 2. The molecule has 2 aromatic carbocycles. The van der Waals surface area contributed by atoms with Gasteiger partial charge in [0.05, 0.1) is 0 Å². The molecule has 5 rings (SSSR count). The quantitative estimate of drug-likeness (QED) is 0.133. The molecule has 0 heterocycles. The van der Waals surface area contributed by atoms with E-state index in [1.807, 2.05) is 30.3 Å². The number of hydrogen-bond acceptors (Lipinski definition) is 2. The highest BCUT2D eigenvalue weighted by atomic mass is 16.5. The molecular weight excluding hydrogens is 428 g/mol. The van der Waals surface area contributed by atoms with E-state index < -0.39 is 0 Å². The van der Waals surface area contributed by atoms with Crippen LogP contribution in [0, 0.1) is 5.41 Å². The molecule has 3 saturated carbocycles. The summed E-state index contributed by atoms with van der Waals surface area (Å²) < 4.78 is 5.41. The molecule has 2 bridgehead atoms. The Hall–Kier alpha value is -2.35. The van der Waals surface area contributed by atoms with Crippen LogP contribution in [0.2, 0.25) is 0 Å². The number of fused-ring (bicyclic) bond motifs is 3. The second-order valence-electron chi connectivity index (χ2n) is 11.2. The molecule has 2 nitrogen and oxygen atoms in total. The van der Waals surface area contributed by atoms with Gasteiger partial charge in [-0.15, -0.1) is 0 Å². The topological polar surface area (TPSA) is 26.3 Å². The molecule has 3 fully saturated rings. The van der Waals surface area contributed by atoms with Gasteiger partial charge in [-0.3, -0.25) is 0 Å². The first kappa shape index (κ1) is 25.7. The lowest BCUT2D eigenvalue weighted by Gasteiger charge is -2.54. The van der Waals surface area contributed by atoms with Crippen LogP contribution in [-0.2, 0) is 10.2 Å². The summed E-state index contributed by atoms with van der Waals surface area (Å²) in [7, 11) is 0. The monoisotopic (exact) mass is 472 g/mol. The lowest BCUT2D eigenvalue weighted by atomic mass is 9.51. The lowest BCUT2D eigenvalue weighted by molar-refractivity contribution is -0.129. The van der Waals surface area contributed by atoms with Crippen molar-refractivity contribution in [3.05, 3.63) is 66.2 Å². The van der Waals surface area contributed by atoms with E-state index in [2.05, 4.69) is 38.1 Å². The highest BCUT2D eigenvalue weighted by molar-refractivity contribution is 5.84. The number of ether oxygens (including phenoxy) is 1. The number of hydrogen-bond donors (Lipinski definition) is 0. The first-order valence-corrected chi connectivity index (χ1v) is 14.2. The van der Waals surface area contributed by atoms with Crippen molar-refractivity contribution in [1.29, 1.82) is 0 Å². The maximum absolute atomic E-state index is 11.9. The number of esters is 1. The van der Waals surface area contributed by atoms with Crippen LogP contribution in [0.5, 0.6) is 5.75 Å². The van der Waals surface area contributed by atoms with Crippen molar-refractivity contribution in [2.45, 2.75) is 109 Å². The Kier molecular flexibility index (Phi) is 8.87. The van der Waals surface area contributed by atoms with Gasteiger partial charge in [0.15, 0.2) is 0 Å². The summed E-state index contributed by atoms with van der Waals surface area (Å²) >= 11 is 0. The first-order chi connectivity index (χ1) is 17.1. The minimum absolute atomic E-state index is 0.310. The average molecular weight is 473 g/mol. The van der Waals surface area contributed by atoms with Gasteiger partial charge in [0, 0.05) is 6.08 Å². The Bertz CT molecular complexity index is 943. The molecule has 0 aliphatic heterocycles. The molecule has 35 heavy (non-hydrogen) atoms. The molecule has 2 heteroatoms. The minimum atomic E-state index is -0.310. The Balaban J connectivity index is 1.32. The Labute approximate surface area is 213 Å². The fourth-order valence-electron chi connectivity index (χ4n) is 6.40. The fourth-order valence-corrected chi connectivity index (χ4v) is 6.40. The van der Waals surface area contributed by atoms with E-state index in [4.69, 9.17) is 4.74 Å². The molecule has 3 aliphatic rings. The van der Waals surface area contributed by atoms with Crippen LogP contribution in [0.1, 0.15) is 109 Å². The van der Waals surface area contributed by atoms with Gasteiger partial charge in [-0.25, -0.2) is 4.79 Å². The van der Waals surface area contributed by atoms with Crippen molar-refractivity contribution in [2.75, 3.05) is 0 Å². The van der Waals surface area contributed by atoms with Crippen molar-refractivity contribution in [1.82, 2.24) is 0 Å². The summed E-state index contributed by atoms with van der Waals surface area (Å²) in [5.74, 6) is 0.281. The van der Waals surface area contributed by atoms with Crippen molar-refractivity contribution >= 4 is 5.97 Å². The number of rotatable bonds is 12. The molecule has 0 N–H and O–H groups in total. The van der Waals surface area contributed by atoms with E-state index in [-0.39, 0.29) is 5.97 Å². The van der Waals surface area contributed by atoms with Crippen LogP contribution in [-0.4, -0.2) is 5.97 Å². The van der Waals surface area contributed by atoms with E-state index >= 15 is 0 Å². The van der Waals surface area contributed by atoms with Gasteiger partial charge >= 0.3 is 5.97 Å². The SMILES string of the molecule is CCC/C=C/C(=O)Oc1ccc(-c2ccc(C34CCC(CCCCCCC)(CC3)CC4)cc2)cc1. The third kappa shape index (κ3) is 6.46. The van der Waals surface area contributed by atoms with Crippen LogP contribution < -0.4 is 4.74 Å². The molecule has 0 spiro atoms. The van der Waals surface area contributed by atoms with Crippen LogP contribution in [0.15, 0.2) is 60.7 Å². The Morgan fingerprint density at radius 2 is 1.37 bits per heavy atom. The van der Waals surface area contributed by atoms with Gasteiger partial charge in [-0.1, -0.05) is 94.8 Å². The molecule has 0 aromatic heterocycles. The zero-order chi connectivity index (χ0) is 24.6. The third-order valence-corrected chi connectivity index (χ3v) is 8.82. The van der Waals surface area contributed by atoms with Gasteiger partial charge in [0.2, 0.25) is 0 Å². The summed E-state index contributed by atoms with van der Waals surface area (Å²) in [6, 6.07) is 17.2. The summed E-state index contributed by atoms with van der Waals surface area (Å²) in [6.45, 7) is 4.39. The molecule has 0 atom stereocenters. The molecule has 188 valence electrons. The maximum Gasteiger partial charge on any atom is 0.335 e. The summed E-state index contributed by atoms with van der Waals surface area (Å²) in [5, 5.41) is 0. The molecule has 0 saturated heterocycles. The zero-order valence-corrected chi connectivity index (χ0v) is 22.0. The van der Waals surface area contributed by atoms with Gasteiger partial charge in [-0.05, 0) is 91.0 Å². The molecule has 2 aromatic rings. The van der Waals surface area contributed by atoms with E-state index in [9.17, 15) is 4.79 Å². The van der Waals surface area contributed by atoms with E-state index in [1.54, 1.807) is 5.56 Å². The summed E-state index contributed by atoms with van der Waals surface area (Å²) in [5.41, 5.74) is 4.99. The second kappa shape index (κ2) is 12.1. The Morgan fingerprint density at radius 3 is 1.97 bits per heavy atom. The largest absolute Gasteiger partial charge is 0.423 e. The molecular formula is C33H44O2. The number of carbonyl (C=O) groups excluding carboxylic acids is 1. The molecule has 0 amide bonds. The highest BCUT2D eigenvalue weighted by Gasteiger charge is 2.48. The van der Waals surface area contributed by atoms with Crippen LogP contribution in [0.4, 0.5) is 0 Å². The molecule has 3 aliphatic carbocycles. The second-order valence-corrected chi connectivity index (χ2v) is 11.2. The van der Waals surface area contributed by atoms with Gasteiger partial charge in [0.1, 0.15) is 5.75 Å². The average Bonchev–Trinajstić information content (AvgIpc) is 2.90. The van der Waals surface area contributed by atoms with Crippen molar-refractivity contribution in [3.63, 3.8) is 0 Å². The molecule has 0 radical (unpaired) electrons. The van der Waals surface area contributed by atoms with E-state index in [0.717, 1.165) is 18.4 Å². The zero-order valence-electron chi connectivity index (χ0n) is 22.0. The standard InChI is InChI=1S/C33H44O2/c1-3-5-7-8-10-20-32-21-24-33(25-22-32,26-23-32)29-16-12-27(13-17-29)28-14-18-30(19-15-28)35-31(34)11-9-6-4-2/h9,11-19H,3-8,10,20-26H2,1-2H3/b11-9+. The highest BCUT2D eigenvalue weighted by Crippen LogP contribution is 2.59. The molecule has 0 unspecified atom stereocenters. The predicted molar refractivity (Wildman–Crippen MR) is 147 cm³/mol. The van der Waals surface area contributed by atoms with Gasteiger partial charge in [-0.2, -0.15) is 0 Å². The maximum atomic E-state index is 11.9. The van der Waals surface area contributed by atoms with Gasteiger partial charge in [0.25, 0.3) is 0 Å². The summed E-state index contributed by atoms with van der Waals surface area (Å²) in [6.07, 6.45) is 22.2. The smallest absolute Gasteiger partial charge is 0.335 e. The predicted octanol–water partition coefficient (Wildman–Crippen LogP) is 9.57. The van der Waals surface area contributed by atoms with Crippen molar-refractivity contribution < 1.29 is 9.53 Å². The summed E-state index contributed by atoms with van der Waals surface area (Å²) in [4.78, 5) is 11.9. The van der Waals surface area contributed by atoms with Crippen LogP contribution in [0.3, 0.4) is 0 Å². The first-order valence-electron chi connectivity index (χ1n) is 14.2. The van der Waals surface area contributed by atoms with Crippen molar-refractivity contribution in [3.8, 4) is 16.9 Å². The minimum Gasteiger partial charge on any atom is -0.423 e. The number of carbonyl (C=O) groups is 1. The van der Waals surface area contributed by atoms with Crippen LogP contribution >= 0.6 is 0 Å². The van der Waals surface area contributed by atoms with Gasteiger partial charge < -0.3 is 4.74 Å². The number of allylic oxidation sites excluding steroid dienone is 1. The fraction of sp³-hybridized carbons (Fsp3) is 0.545. The van der Waals surface area contributed by atoms with Crippen molar-refractivity contribution in [2.24, 2.45) is 5.41 Å². The normalized spacial score (nSPS) is 23.6. The van der Waals surface area contributed by atoms with E-state index in [1.165, 1.54) is 88.7 Å².